The van der Waals surface area contributed by atoms with E-state index >= 15 is 0 Å². The number of amides is 1. The van der Waals surface area contributed by atoms with E-state index in [1.54, 1.807) is 23.0 Å². The van der Waals surface area contributed by atoms with Crippen molar-refractivity contribution in [2.75, 3.05) is 25.0 Å². The number of allylic oxidation sites excluding steroid dienone is 3. The molecule has 1 aliphatic carbocycles. The Morgan fingerprint density at radius 3 is 2.97 bits per heavy atom. The third-order valence-corrected chi connectivity index (χ3v) is 7.43. The lowest BCUT2D eigenvalue weighted by molar-refractivity contribution is -0.116. The number of carbonyl (C=O) groups excluding carboxylic acids is 1. The van der Waals surface area contributed by atoms with Gasteiger partial charge < -0.3 is 15.0 Å². The molecule has 0 radical (unpaired) electrons. The summed E-state index contributed by atoms with van der Waals surface area (Å²) in [5.41, 5.74) is 4.84. The van der Waals surface area contributed by atoms with Crippen molar-refractivity contribution in [3.63, 3.8) is 0 Å². The average molecular weight is 532 g/mol. The average Bonchev–Trinajstić information content (AvgIpc) is 3.63. The van der Waals surface area contributed by atoms with E-state index in [1.165, 1.54) is 6.07 Å². The van der Waals surface area contributed by atoms with Crippen LogP contribution in [0.5, 0.6) is 5.75 Å². The van der Waals surface area contributed by atoms with Crippen molar-refractivity contribution in [1.29, 1.82) is 0 Å². The lowest BCUT2D eigenvalue weighted by atomic mass is 10.0. The van der Waals surface area contributed by atoms with Crippen LogP contribution >= 0.6 is 12.2 Å². The van der Waals surface area contributed by atoms with E-state index in [-0.39, 0.29) is 18.3 Å². The normalized spacial score (nSPS) is 16.5. The Morgan fingerprint density at radius 2 is 2.16 bits per heavy atom. The summed E-state index contributed by atoms with van der Waals surface area (Å²) in [6.45, 7) is 2.05. The van der Waals surface area contributed by atoms with Crippen molar-refractivity contribution in [3.05, 3.63) is 77.0 Å². The van der Waals surface area contributed by atoms with Crippen molar-refractivity contribution in [3.8, 4) is 5.75 Å². The predicted molar refractivity (Wildman–Crippen MR) is 145 cm³/mol. The fourth-order valence-corrected chi connectivity index (χ4v) is 5.26. The first-order chi connectivity index (χ1) is 18.6. The van der Waals surface area contributed by atoms with Gasteiger partial charge in [-0.1, -0.05) is 24.3 Å². The van der Waals surface area contributed by atoms with Crippen molar-refractivity contribution in [2.45, 2.75) is 32.2 Å². The Morgan fingerprint density at radius 1 is 1.24 bits per heavy atom. The highest BCUT2D eigenvalue weighted by Crippen LogP contribution is 2.31. The van der Waals surface area contributed by atoms with Crippen LogP contribution in [-0.4, -0.2) is 55.2 Å². The number of anilines is 1. The van der Waals surface area contributed by atoms with Gasteiger partial charge in [-0.2, -0.15) is 0 Å². The molecule has 2 N–H and O–H groups in total. The molecule has 0 bridgehead atoms. The van der Waals surface area contributed by atoms with Gasteiger partial charge >= 0.3 is 0 Å². The van der Waals surface area contributed by atoms with E-state index in [9.17, 15) is 9.18 Å². The first kappa shape index (κ1) is 24.2. The molecule has 11 heteroatoms. The highest BCUT2D eigenvalue weighted by Gasteiger charge is 2.22. The zero-order valence-electron chi connectivity index (χ0n) is 20.6. The van der Waals surface area contributed by atoms with Crippen molar-refractivity contribution in [1.82, 2.24) is 29.8 Å². The molecule has 0 spiro atoms. The highest BCUT2D eigenvalue weighted by atomic mass is 32.1. The number of fused-ring (bicyclic) bond motifs is 2. The summed E-state index contributed by atoms with van der Waals surface area (Å²) in [6.07, 6.45) is 14.2. The number of nitrogens with zero attached hydrogens (tertiary/aromatic N) is 5. The molecule has 9 nitrogen and oxygen atoms in total. The van der Waals surface area contributed by atoms with Gasteiger partial charge in [-0.25, -0.2) is 9.37 Å². The Hall–Kier alpha value is -4.12. The van der Waals surface area contributed by atoms with Gasteiger partial charge in [-0.3, -0.25) is 14.5 Å². The first-order valence-corrected chi connectivity index (χ1v) is 13.0. The molecule has 0 fully saturated rings. The number of nitrogens with one attached hydrogen (secondary N) is 2. The zero-order valence-corrected chi connectivity index (χ0v) is 21.4. The molecule has 38 heavy (non-hydrogen) atoms. The highest BCUT2D eigenvalue weighted by molar-refractivity contribution is 7.80. The molecular formula is C27H26FN7O2S. The predicted octanol–water partition coefficient (Wildman–Crippen LogP) is 3.58. The fourth-order valence-electron chi connectivity index (χ4n) is 5.00. The lowest BCUT2D eigenvalue weighted by Crippen LogP contribution is -2.44. The molecule has 194 valence electrons. The Balaban J connectivity index is 1.15. The summed E-state index contributed by atoms with van der Waals surface area (Å²) in [4.78, 5) is 19.1. The van der Waals surface area contributed by atoms with Gasteiger partial charge in [-0.15, -0.1) is 10.2 Å². The molecule has 0 saturated heterocycles. The maximum Gasteiger partial charge on any atom is 0.253 e. The van der Waals surface area contributed by atoms with E-state index < -0.39 is 0 Å². The monoisotopic (exact) mass is 531 g/mol. The summed E-state index contributed by atoms with van der Waals surface area (Å²) in [5.74, 6) is 0.858. The molecule has 2 aliphatic heterocycles. The van der Waals surface area contributed by atoms with E-state index in [2.05, 4.69) is 31.9 Å². The molecule has 3 aliphatic rings. The standard InChI is InChI=1S/C27H26FN7O2S/c28-22-6-7-23-19(10-13-37-23)21(22)15-30-26-29-14-20(24-33-31-16-35(24)26)17-8-11-34(12-9-17)27(38)32-25(36)18-4-2-1-3-5-18/h1-2,4,6-8,14,16H,3,5,9-13,15H2,(H,29,30)(H,32,36,38). The minimum Gasteiger partial charge on any atom is -0.493 e. The minimum atomic E-state index is -0.267. The smallest absolute Gasteiger partial charge is 0.253 e. The van der Waals surface area contributed by atoms with E-state index in [0.29, 0.717) is 54.8 Å². The molecule has 1 amide bonds. The van der Waals surface area contributed by atoms with Crippen molar-refractivity contribution in [2.24, 2.45) is 0 Å². The number of thiocarbonyl (C=S) groups is 1. The topological polar surface area (TPSA) is 96.7 Å². The number of rotatable bonds is 5. The first-order valence-electron chi connectivity index (χ1n) is 12.6. The third kappa shape index (κ3) is 4.65. The fraction of sp³-hybridized carbons (Fsp3) is 0.296. The summed E-state index contributed by atoms with van der Waals surface area (Å²) < 4.78 is 21.9. The molecule has 4 heterocycles. The van der Waals surface area contributed by atoms with Gasteiger partial charge in [0.25, 0.3) is 5.91 Å². The molecular weight excluding hydrogens is 505 g/mol. The van der Waals surface area contributed by atoms with Gasteiger partial charge in [0.15, 0.2) is 10.8 Å². The summed E-state index contributed by atoms with van der Waals surface area (Å²) in [6, 6.07) is 3.12. The van der Waals surface area contributed by atoms with Crippen LogP contribution in [0.4, 0.5) is 10.3 Å². The Kier molecular flexibility index (Phi) is 6.59. The second kappa shape index (κ2) is 10.3. The van der Waals surface area contributed by atoms with Crippen molar-refractivity contribution >= 4 is 40.4 Å². The van der Waals surface area contributed by atoms with Crippen LogP contribution in [0, 0.1) is 5.82 Å². The summed E-state index contributed by atoms with van der Waals surface area (Å²) >= 11 is 5.50. The van der Waals surface area contributed by atoms with E-state index in [1.807, 2.05) is 23.1 Å². The quantitative estimate of drug-likeness (QED) is 0.483. The van der Waals surface area contributed by atoms with Crippen LogP contribution in [0.15, 0.2) is 54.5 Å². The van der Waals surface area contributed by atoms with E-state index in [4.69, 9.17) is 17.0 Å². The van der Waals surface area contributed by atoms with Crippen LogP contribution < -0.4 is 15.4 Å². The molecule has 0 unspecified atom stereocenters. The zero-order chi connectivity index (χ0) is 26.1. The number of aromatic nitrogens is 4. The van der Waals surface area contributed by atoms with Crippen LogP contribution in [0.25, 0.3) is 11.2 Å². The van der Waals surface area contributed by atoms with Crippen LogP contribution in [-0.2, 0) is 17.8 Å². The van der Waals surface area contributed by atoms with E-state index in [0.717, 1.165) is 40.9 Å². The molecule has 3 aromatic rings. The van der Waals surface area contributed by atoms with Crippen LogP contribution in [0.3, 0.4) is 0 Å². The van der Waals surface area contributed by atoms with Gasteiger partial charge in [0.2, 0.25) is 5.95 Å². The molecule has 6 rings (SSSR count). The maximum absolute atomic E-state index is 14.6. The number of halogens is 1. The second-order valence-electron chi connectivity index (χ2n) is 9.32. The number of carbonyl (C=O) groups is 1. The second-order valence-corrected chi connectivity index (χ2v) is 9.70. The van der Waals surface area contributed by atoms with Gasteiger partial charge in [0, 0.05) is 54.5 Å². The largest absolute Gasteiger partial charge is 0.493 e. The van der Waals surface area contributed by atoms with Crippen molar-refractivity contribution < 1.29 is 13.9 Å². The molecule has 0 atom stereocenters. The number of hydrogen-bond donors (Lipinski definition) is 2. The molecule has 1 aromatic carbocycles. The minimum absolute atomic E-state index is 0.139. The van der Waals surface area contributed by atoms with Gasteiger partial charge in [0.1, 0.15) is 17.9 Å². The van der Waals surface area contributed by atoms with Gasteiger partial charge in [0.05, 0.1) is 6.61 Å². The molecule has 0 saturated carbocycles. The van der Waals surface area contributed by atoms with Gasteiger partial charge in [-0.05, 0) is 49.2 Å². The summed E-state index contributed by atoms with van der Waals surface area (Å²) in [7, 11) is 0. The Labute approximate surface area is 224 Å². The maximum atomic E-state index is 14.6. The SMILES string of the molecule is O=C(NC(=S)N1CC=C(c2cnc(NCc3c(F)ccc4c3CCO4)n3cnnc23)CC1)C1=CC=CCC1. The van der Waals surface area contributed by atoms with Crippen LogP contribution in [0.2, 0.25) is 0 Å². The Bertz CT molecular complexity index is 1530. The van der Waals surface area contributed by atoms with Crippen LogP contribution in [0.1, 0.15) is 36.0 Å². The lowest BCUT2D eigenvalue weighted by Gasteiger charge is -2.29. The number of benzene rings is 1. The number of hydrogen-bond acceptors (Lipinski definition) is 7. The third-order valence-electron chi connectivity index (χ3n) is 7.06. The molecule has 2 aromatic heterocycles. The summed E-state index contributed by atoms with van der Waals surface area (Å²) in [5, 5.41) is 14.9. The number of ether oxygens (including phenoxy) is 1.